The van der Waals surface area contributed by atoms with Gasteiger partial charge in [0.2, 0.25) is 5.82 Å². The first-order valence-electron chi connectivity index (χ1n) is 12.5. The number of aryl methyl sites for hydroxylation is 1. The van der Waals surface area contributed by atoms with E-state index < -0.39 is 0 Å². The van der Waals surface area contributed by atoms with Crippen molar-refractivity contribution < 1.29 is 8.81 Å². The average Bonchev–Trinajstić information content (AvgIpc) is 3.43. The summed E-state index contributed by atoms with van der Waals surface area (Å²) in [6.45, 7) is 5.66. The third-order valence-corrected chi connectivity index (χ3v) is 8.60. The zero-order valence-electron chi connectivity index (χ0n) is 21.4. The van der Waals surface area contributed by atoms with Crippen LogP contribution in [-0.4, -0.2) is 59.5 Å². The van der Waals surface area contributed by atoms with E-state index in [0.717, 1.165) is 48.2 Å². The summed E-state index contributed by atoms with van der Waals surface area (Å²) in [6, 6.07) is 9.86. The monoisotopic (exact) mass is 634 g/mol. The maximum absolute atomic E-state index is 14.9. The zero-order chi connectivity index (χ0) is 26.0. The summed E-state index contributed by atoms with van der Waals surface area (Å²) in [6.07, 6.45) is 7.62. The third-order valence-electron chi connectivity index (χ3n) is 7.50. The van der Waals surface area contributed by atoms with Crippen molar-refractivity contribution in [2.45, 2.75) is 36.9 Å². The van der Waals surface area contributed by atoms with Gasteiger partial charge in [0.1, 0.15) is 5.82 Å². The SMILES string of the molecule is CI.Cc1ncoc1-c1nnc(SCCCN2C[C@H]3CC3(c3ccc(Cn4cccc4)c(F)c3)C2)n1C. The van der Waals surface area contributed by atoms with E-state index in [-0.39, 0.29) is 11.2 Å². The lowest BCUT2D eigenvalue weighted by Crippen LogP contribution is -2.28. The van der Waals surface area contributed by atoms with Gasteiger partial charge in [-0.2, -0.15) is 0 Å². The van der Waals surface area contributed by atoms with Gasteiger partial charge >= 0.3 is 0 Å². The summed E-state index contributed by atoms with van der Waals surface area (Å²) in [5.41, 5.74) is 2.88. The molecule has 2 fully saturated rings. The fourth-order valence-electron chi connectivity index (χ4n) is 5.47. The quantitative estimate of drug-likeness (QED) is 0.104. The summed E-state index contributed by atoms with van der Waals surface area (Å²) in [4.78, 5) is 8.65. The molecule has 2 aliphatic rings. The third kappa shape index (κ3) is 5.37. The van der Waals surface area contributed by atoms with Crippen LogP contribution in [0.25, 0.3) is 11.6 Å². The Bertz CT molecular complexity index is 1340. The minimum absolute atomic E-state index is 0.0883. The van der Waals surface area contributed by atoms with Gasteiger partial charge in [-0.1, -0.05) is 46.5 Å². The fraction of sp³-hybridized carbons (Fsp3) is 0.444. The van der Waals surface area contributed by atoms with Gasteiger partial charge in [0.25, 0.3) is 0 Å². The van der Waals surface area contributed by atoms with Crippen molar-refractivity contribution in [3.8, 4) is 11.6 Å². The van der Waals surface area contributed by atoms with Crippen LogP contribution in [0.5, 0.6) is 0 Å². The van der Waals surface area contributed by atoms with E-state index in [1.807, 2.05) is 58.6 Å². The normalized spacial score (nSPS) is 20.5. The predicted octanol–water partition coefficient (Wildman–Crippen LogP) is 5.57. The number of hydrogen-bond donors (Lipinski definition) is 0. The minimum Gasteiger partial charge on any atom is -0.440 e. The molecule has 0 spiro atoms. The van der Waals surface area contributed by atoms with Crippen LogP contribution >= 0.6 is 34.4 Å². The molecule has 1 saturated carbocycles. The lowest BCUT2D eigenvalue weighted by molar-refractivity contribution is 0.299. The number of hydrogen-bond acceptors (Lipinski definition) is 6. The van der Waals surface area contributed by atoms with Crippen LogP contribution < -0.4 is 0 Å². The number of alkyl halides is 1. The zero-order valence-corrected chi connectivity index (χ0v) is 24.4. The molecule has 196 valence electrons. The second-order valence-corrected chi connectivity index (χ2v) is 10.9. The molecule has 1 unspecified atom stereocenters. The van der Waals surface area contributed by atoms with E-state index in [1.165, 1.54) is 18.4 Å². The lowest BCUT2D eigenvalue weighted by atomic mass is 9.93. The number of fused-ring (bicyclic) bond motifs is 1. The standard InChI is InChI=1S/C26H29FN6OS.CH3I/c1-18-23(34-17-28-18)24-29-30-25(31(24)2)35-11-5-10-33-15-21-13-26(21,16-33)20-7-6-19(22(27)12-20)14-32-8-3-4-9-32;1-2/h3-4,6-9,12,17,21H,5,10-11,13-16H2,1-2H3;1H3/t21-,26?;/m1./s1. The largest absolute Gasteiger partial charge is 0.440 e. The van der Waals surface area contributed by atoms with Crippen molar-refractivity contribution in [1.29, 1.82) is 0 Å². The number of aromatic nitrogens is 5. The Morgan fingerprint density at radius 3 is 2.76 bits per heavy atom. The molecule has 7 nitrogen and oxygen atoms in total. The van der Waals surface area contributed by atoms with Gasteiger partial charge in [-0.3, -0.25) is 0 Å². The Balaban J connectivity index is 0.00000137. The Kier molecular flexibility index (Phi) is 8.06. The molecule has 2 atom stereocenters. The van der Waals surface area contributed by atoms with Crippen LogP contribution in [0.2, 0.25) is 0 Å². The molecule has 4 heterocycles. The number of oxazole rings is 1. The molecule has 10 heteroatoms. The number of likely N-dealkylation sites (tertiary alicyclic amines) is 1. The number of nitrogens with zero attached hydrogens (tertiary/aromatic N) is 6. The van der Waals surface area contributed by atoms with Crippen LogP contribution in [0.3, 0.4) is 0 Å². The molecular weight excluding hydrogens is 602 g/mol. The molecule has 0 N–H and O–H groups in total. The molecule has 1 aromatic carbocycles. The topological polar surface area (TPSA) is 64.9 Å². The van der Waals surface area contributed by atoms with E-state index in [2.05, 4.69) is 48.7 Å². The number of rotatable bonds is 9. The summed E-state index contributed by atoms with van der Waals surface area (Å²) >= 11 is 3.87. The smallest absolute Gasteiger partial charge is 0.202 e. The Hall–Kier alpha value is -2.18. The van der Waals surface area contributed by atoms with Gasteiger partial charge in [-0.05, 0) is 60.9 Å². The Morgan fingerprint density at radius 1 is 1.22 bits per heavy atom. The molecule has 6 rings (SSSR count). The van der Waals surface area contributed by atoms with Crippen LogP contribution in [-0.2, 0) is 19.0 Å². The van der Waals surface area contributed by atoms with Gasteiger partial charge in [-0.25, -0.2) is 9.37 Å². The predicted molar refractivity (Wildman–Crippen MR) is 153 cm³/mol. The first-order valence-corrected chi connectivity index (χ1v) is 15.6. The van der Waals surface area contributed by atoms with Crippen LogP contribution in [0.1, 0.15) is 29.7 Å². The maximum atomic E-state index is 14.9. The highest BCUT2D eigenvalue weighted by Gasteiger charge is 2.60. The van der Waals surface area contributed by atoms with E-state index in [9.17, 15) is 4.39 Å². The number of piperidine rings is 1. The highest BCUT2D eigenvalue weighted by atomic mass is 127. The summed E-state index contributed by atoms with van der Waals surface area (Å²) in [7, 11) is 1.96. The Morgan fingerprint density at radius 2 is 2.03 bits per heavy atom. The molecular formula is C27H32FIN6OS. The molecule has 3 aromatic heterocycles. The van der Waals surface area contributed by atoms with E-state index in [4.69, 9.17) is 4.42 Å². The van der Waals surface area contributed by atoms with Gasteiger partial charge in [-0.15, -0.1) is 10.2 Å². The van der Waals surface area contributed by atoms with Crippen LogP contribution in [0.15, 0.2) is 58.7 Å². The van der Waals surface area contributed by atoms with E-state index in [0.29, 0.717) is 24.0 Å². The number of thioether (sulfide) groups is 1. The van der Waals surface area contributed by atoms with Crippen molar-refractivity contribution >= 4 is 34.4 Å². The van der Waals surface area contributed by atoms with Gasteiger partial charge < -0.3 is 18.5 Å². The average molecular weight is 635 g/mol. The van der Waals surface area contributed by atoms with Crippen LogP contribution in [0.4, 0.5) is 4.39 Å². The second kappa shape index (κ2) is 11.3. The molecule has 0 bridgehead atoms. The molecule has 0 radical (unpaired) electrons. The highest BCUT2D eigenvalue weighted by molar-refractivity contribution is 14.1. The van der Waals surface area contributed by atoms with Crippen molar-refractivity contribution in [2.75, 3.05) is 30.3 Å². The van der Waals surface area contributed by atoms with E-state index >= 15 is 0 Å². The first-order chi connectivity index (χ1) is 18.0. The molecule has 1 aliphatic heterocycles. The van der Waals surface area contributed by atoms with E-state index in [1.54, 1.807) is 17.8 Å². The maximum Gasteiger partial charge on any atom is 0.202 e. The molecule has 37 heavy (non-hydrogen) atoms. The second-order valence-electron chi connectivity index (χ2n) is 9.79. The number of benzene rings is 1. The molecule has 4 aromatic rings. The molecule has 1 saturated heterocycles. The number of halogens is 2. The lowest BCUT2D eigenvalue weighted by Gasteiger charge is -2.21. The molecule has 1 aliphatic carbocycles. The summed E-state index contributed by atoms with van der Waals surface area (Å²) in [5, 5.41) is 9.49. The summed E-state index contributed by atoms with van der Waals surface area (Å²) < 4.78 is 24.3. The highest BCUT2D eigenvalue weighted by Crippen LogP contribution is 2.59. The Labute approximate surface area is 235 Å². The summed E-state index contributed by atoms with van der Waals surface area (Å²) in [5.74, 6) is 2.90. The van der Waals surface area contributed by atoms with Gasteiger partial charge in [0.15, 0.2) is 17.3 Å². The van der Waals surface area contributed by atoms with Crippen molar-refractivity contribution in [3.63, 3.8) is 0 Å². The molecule has 0 amide bonds. The van der Waals surface area contributed by atoms with Gasteiger partial charge in [0.05, 0.1) is 5.69 Å². The van der Waals surface area contributed by atoms with Gasteiger partial charge in [0, 0.05) is 55.8 Å². The van der Waals surface area contributed by atoms with Crippen molar-refractivity contribution in [2.24, 2.45) is 13.0 Å². The van der Waals surface area contributed by atoms with Crippen molar-refractivity contribution in [1.82, 2.24) is 29.2 Å². The van der Waals surface area contributed by atoms with Crippen LogP contribution in [0, 0.1) is 18.7 Å². The van der Waals surface area contributed by atoms with Crippen molar-refractivity contribution in [3.05, 3.63) is 71.8 Å². The first kappa shape index (κ1) is 26.4. The fourth-order valence-corrected chi connectivity index (χ4v) is 6.30. The minimum atomic E-state index is -0.0883.